The molecule has 0 saturated heterocycles. The average Bonchev–Trinajstić information content (AvgIpc) is 2.43. The van der Waals surface area contributed by atoms with Crippen LogP contribution in [0, 0.1) is 5.82 Å². The van der Waals surface area contributed by atoms with Crippen molar-refractivity contribution in [2.45, 2.75) is 25.5 Å². The third-order valence-corrected chi connectivity index (χ3v) is 3.04. The first-order valence-electron chi connectivity index (χ1n) is 6.57. The number of hydrogen-bond donors (Lipinski definition) is 4. The fraction of sp³-hybridized carbons (Fsp3) is 0.500. The summed E-state index contributed by atoms with van der Waals surface area (Å²) in [5.74, 6) is -0.620. The molecule has 0 aliphatic carbocycles. The van der Waals surface area contributed by atoms with Gasteiger partial charge in [-0.1, -0.05) is 5.16 Å². The van der Waals surface area contributed by atoms with Crippen molar-refractivity contribution in [2.75, 3.05) is 20.3 Å². The summed E-state index contributed by atoms with van der Waals surface area (Å²) in [5.41, 5.74) is 5.48. The number of aliphatic hydroxyl groups is 1. The number of halogens is 1. The Morgan fingerprint density at radius 3 is 2.81 bits per heavy atom. The van der Waals surface area contributed by atoms with Gasteiger partial charge in [0.2, 0.25) is 0 Å². The summed E-state index contributed by atoms with van der Waals surface area (Å²) >= 11 is 0. The molecule has 0 saturated carbocycles. The highest BCUT2D eigenvalue weighted by Gasteiger charge is 2.19. The maximum Gasteiger partial charge on any atom is 0.170 e. The quantitative estimate of drug-likeness (QED) is 0.246. The molecule has 0 aromatic heterocycles. The zero-order valence-corrected chi connectivity index (χ0v) is 12.3. The van der Waals surface area contributed by atoms with Crippen LogP contribution in [0.4, 0.5) is 4.39 Å². The minimum atomic E-state index is -0.905. The first-order valence-corrected chi connectivity index (χ1v) is 6.57. The van der Waals surface area contributed by atoms with Crippen LogP contribution in [0.25, 0.3) is 0 Å². The van der Waals surface area contributed by atoms with Gasteiger partial charge in [-0.2, -0.15) is 0 Å². The molecule has 1 atom stereocenters. The number of methoxy groups -OCH3 is 1. The molecule has 6 nitrogen and oxygen atoms in total. The second-order valence-corrected chi connectivity index (χ2v) is 5.18. The van der Waals surface area contributed by atoms with Crippen molar-refractivity contribution in [1.82, 2.24) is 5.32 Å². The fourth-order valence-electron chi connectivity index (χ4n) is 1.84. The molecule has 118 valence electrons. The van der Waals surface area contributed by atoms with Crippen LogP contribution in [0.3, 0.4) is 0 Å². The third kappa shape index (κ3) is 6.07. The summed E-state index contributed by atoms with van der Waals surface area (Å²) in [6, 6.07) is 4.16. The van der Waals surface area contributed by atoms with E-state index < -0.39 is 11.4 Å². The van der Waals surface area contributed by atoms with Gasteiger partial charge in [-0.3, -0.25) is 0 Å². The molecule has 0 aliphatic rings. The molecule has 0 aliphatic heterocycles. The van der Waals surface area contributed by atoms with Gasteiger partial charge in [0.25, 0.3) is 0 Å². The molecule has 0 amide bonds. The van der Waals surface area contributed by atoms with E-state index >= 15 is 0 Å². The number of ether oxygens (including phenoxy) is 1. The SMILES string of the molecule is COCCC(C)(O)CNCc1cc(F)cc(/C(N)=N/O)c1. The fourth-order valence-corrected chi connectivity index (χ4v) is 1.84. The highest BCUT2D eigenvalue weighted by atomic mass is 19.1. The molecule has 0 spiro atoms. The van der Waals surface area contributed by atoms with E-state index in [-0.39, 0.29) is 5.84 Å². The Labute approximate surface area is 123 Å². The molecular formula is C14H22FN3O3. The van der Waals surface area contributed by atoms with Crippen molar-refractivity contribution < 1.29 is 19.4 Å². The molecule has 7 heteroatoms. The molecule has 1 unspecified atom stereocenters. The Balaban J connectivity index is 2.61. The normalized spacial score (nSPS) is 15.0. The lowest BCUT2D eigenvalue weighted by atomic mass is 10.0. The lowest BCUT2D eigenvalue weighted by Gasteiger charge is -2.23. The van der Waals surface area contributed by atoms with Crippen LogP contribution in [0.15, 0.2) is 23.4 Å². The summed E-state index contributed by atoms with van der Waals surface area (Å²) in [5, 5.41) is 24.6. The van der Waals surface area contributed by atoms with Crippen LogP contribution < -0.4 is 11.1 Å². The topological polar surface area (TPSA) is 100 Å². The first-order chi connectivity index (χ1) is 9.88. The zero-order chi connectivity index (χ0) is 15.9. The lowest BCUT2D eigenvalue weighted by molar-refractivity contribution is 0.0247. The standard InChI is InChI=1S/C14H22FN3O3/c1-14(19,3-4-21-2)9-17-8-10-5-11(13(16)18-20)7-12(15)6-10/h5-7,17,19-20H,3-4,8-9H2,1-2H3,(H2,16,18). The van der Waals surface area contributed by atoms with Crippen LogP contribution in [-0.4, -0.2) is 42.0 Å². The van der Waals surface area contributed by atoms with E-state index in [1.54, 1.807) is 20.1 Å². The van der Waals surface area contributed by atoms with E-state index in [0.29, 0.717) is 37.2 Å². The van der Waals surface area contributed by atoms with E-state index in [1.807, 2.05) is 0 Å². The molecule has 1 aromatic carbocycles. The molecule has 1 rings (SSSR count). The van der Waals surface area contributed by atoms with Crippen LogP contribution in [0.5, 0.6) is 0 Å². The number of oxime groups is 1. The van der Waals surface area contributed by atoms with Crippen LogP contribution in [-0.2, 0) is 11.3 Å². The van der Waals surface area contributed by atoms with E-state index in [9.17, 15) is 9.50 Å². The van der Waals surface area contributed by atoms with Gasteiger partial charge < -0.3 is 26.1 Å². The minimum Gasteiger partial charge on any atom is -0.409 e. The summed E-state index contributed by atoms with van der Waals surface area (Å²) in [6.45, 7) is 2.85. The zero-order valence-electron chi connectivity index (χ0n) is 12.3. The summed E-state index contributed by atoms with van der Waals surface area (Å²) in [7, 11) is 1.57. The van der Waals surface area contributed by atoms with Gasteiger partial charge in [-0.25, -0.2) is 4.39 Å². The molecule has 0 radical (unpaired) electrons. The summed E-state index contributed by atoms with van der Waals surface area (Å²) in [4.78, 5) is 0. The van der Waals surface area contributed by atoms with Gasteiger partial charge in [-0.15, -0.1) is 0 Å². The Morgan fingerprint density at radius 1 is 1.48 bits per heavy atom. The van der Waals surface area contributed by atoms with Gasteiger partial charge in [0, 0.05) is 38.8 Å². The van der Waals surface area contributed by atoms with Crippen LogP contribution >= 0.6 is 0 Å². The van der Waals surface area contributed by atoms with Gasteiger partial charge in [0.15, 0.2) is 5.84 Å². The number of benzene rings is 1. The second kappa shape index (κ2) is 7.92. The number of nitrogens with two attached hydrogens (primary N) is 1. The Bertz CT molecular complexity index is 492. The highest BCUT2D eigenvalue weighted by molar-refractivity contribution is 5.97. The van der Waals surface area contributed by atoms with E-state index in [4.69, 9.17) is 15.7 Å². The van der Waals surface area contributed by atoms with E-state index in [1.165, 1.54) is 12.1 Å². The monoisotopic (exact) mass is 299 g/mol. The van der Waals surface area contributed by atoms with Gasteiger partial charge in [-0.05, 0) is 30.7 Å². The molecular weight excluding hydrogens is 277 g/mol. The lowest BCUT2D eigenvalue weighted by Crippen LogP contribution is -2.38. The maximum absolute atomic E-state index is 13.5. The minimum absolute atomic E-state index is 0.150. The third-order valence-electron chi connectivity index (χ3n) is 3.04. The molecule has 0 bridgehead atoms. The predicted molar refractivity (Wildman–Crippen MR) is 77.7 cm³/mol. The second-order valence-electron chi connectivity index (χ2n) is 5.18. The average molecular weight is 299 g/mol. The summed E-state index contributed by atoms with van der Waals surface area (Å²) < 4.78 is 18.4. The molecule has 21 heavy (non-hydrogen) atoms. The van der Waals surface area contributed by atoms with Crippen molar-refractivity contribution in [3.05, 3.63) is 35.1 Å². The predicted octanol–water partition coefficient (Wildman–Crippen LogP) is 0.797. The molecule has 0 heterocycles. The van der Waals surface area contributed by atoms with Crippen molar-refractivity contribution in [3.63, 3.8) is 0 Å². The van der Waals surface area contributed by atoms with Crippen molar-refractivity contribution in [1.29, 1.82) is 0 Å². The first kappa shape index (κ1) is 17.4. The van der Waals surface area contributed by atoms with Crippen molar-refractivity contribution in [3.8, 4) is 0 Å². The van der Waals surface area contributed by atoms with Crippen molar-refractivity contribution >= 4 is 5.84 Å². The number of hydrogen-bond acceptors (Lipinski definition) is 5. The van der Waals surface area contributed by atoms with E-state index in [0.717, 1.165) is 0 Å². The maximum atomic E-state index is 13.5. The number of rotatable bonds is 8. The number of amidine groups is 1. The summed E-state index contributed by atoms with van der Waals surface area (Å²) in [6.07, 6.45) is 0.495. The molecule has 5 N–H and O–H groups in total. The van der Waals surface area contributed by atoms with Crippen LogP contribution in [0.2, 0.25) is 0 Å². The molecule has 0 fully saturated rings. The van der Waals surface area contributed by atoms with Gasteiger partial charge in [0.05, 0.1) is 5.60 Å². The largest absolute Gasteiger partial charge is 0.409 e. The van der Waals surface area contributed by atoms with Gasteiger partial charge in [0.1, 0.15) is 5.82 Å². The Morgan fingerprint density at radius 2 is 2.19 bits per heavy atom. The van der Waals surface area contributed by atoms with Crippen molar-refractivity contribution in [2.24, 2.45) is 10.9 Å². The smallest absolute Gasteiger partial charge is 0.170 e. The van der Waals surface area contributed by atoms with E-state index in [2.05, 4.69) is 10.5 Å². The Kier molecular flexibility index (Phi) is 6.54. The number of nitrogens with one attached hydrogen (secondary N) is 1. The number of nitrogens with zero attached hydrogens (tertiary/aromatic N) is 1. The Hall–Kier alpha value is -1.70. The highest BCUT2D eigenvalue weighted by Crippen LogP contribution is 2.11. The van der Waals surface area contributed by atoms with Gasteiger partial charge >= 0.3 is 0 Å². The van der Waals surface area contributed by atoms with Crippen LogP contribution in [0.1, 0.15) is 24.5 Å². The molecule has 1 aromatic rings.